The van der Waals surface area contributed by atoms with Crippen LogP contribution in [-0.2, 0) is 14.8 Å². The van der Waals surface area contributed by atoms with E-state index >= 15 is 0 Å². The highest BCUT2D eigenvalue weighted by Gasteiger charge is 2.27. The second-order valence-electron chi connectivity index (χ2n) is 4.28. The van der Waals surface area contributed by atoms with Crippen LogP contribution in [0.3, 0.4) is 0 Å². The molecular formula is C11H19N3O3S. The summed E-state index contributed by atoms with van der Waals surface area (Å²) in [5.74, 6) is -0.0431. The molecule has 0 aliphatic carbocycles. The van der Waals surface area contributed by atoms with E-state index in [1.54, 1.807) is 4.90 Å². The first-order valence-electron chi connectivity index (χ1n) is 6.14. The zero-order valence-corrected chi connectivity index (χ0v) is 11.4. The highest BCUT2D eigenvalue weighted by atomic mass is 32.2. The third-order valence-electron chi connectivity index (χ3n) is 2.97. The monoisotopic (exact) mass is 273 g/mol. The first kappa shape index (κ1) is 14.9. The van der Waals surface area contributed by atoms with E-state index in [0.717, 1.165) is 6.42 Å². The Morgan fingerprint density at radius 1 is 1.28 bits per heavy atom. The van der Waals surface area contributed by atoms with Crippen LogP contribution in [0.1, 0.15) is 26.2 Å². The zero-order chi connectivity index (χ0) is 13.6. The quantitative estimate of drug-likeness (QED) is 0.715. The van der Waals surface area contributed by atoms with Crippen molar-refractivity contribution >= 4 is 15.9 Å². The van der Waals surface area contributed by atoms with Crippen molar-refractivity contribution in [2.45, 2.75) is 26.2 Å². The largest absolute Gasteiger partial charge is 0.339 e. The third-order valence-corrected chi connectivity index (χ3v) is 4.93. The van der Waals surface area contributed by atoms with Crippen molar-refractivity contribution in [3.8, 4) is 6.07 Å². The van der Waals surface area contributed by atoms with Gasteiger partial charge in [0.25, 0.3) is 0 Å². The van der Waals surface area contributed by atoms with Gasteiger partial charge in [-0.25, -0.2) is 8.42 Å². The van der Waals surface area contributed by atoms with Gasteiger partial charge in [-0.3, -0.25) is 4.79 Å². The molecule has 102 valence electrons. The van der Waals surface area contributed by atoms with Gasteiger partial charge in [-0.05, 0) is 6.42 Å². The van der Waals surface area contributed by atoms with Crippen LogP contribution in [0, 0.1) is 11.3 Å². The summed E-state index contributed by atoms with van der Waals surface area (Å²) in [4.78, 5) is 13.0. The second kappa shape index (κ2) is 6.71. The van der Waals surface area contributed by atoms with Gasteiger partial charge < -0.3 is 4.90 Å². The Balaban J connectivity index is 2.49. The van der Waals surface area contributed by atoms with Crippen LogP contribution >= 0.6 is 0 Å². The highest BCUT2D eigenvalue weighted by Crippen LogP contribution is 2.10. The summed E-state index contributed by atoms with van der Waals surface area (Å²) in [6.07, 6.45) is 1.37. The summed E-state index contributed by atoms with van der Waals surface area (Å²) in [5.41, 5.74) is 0. The van der Waals surface area contributed by atoms with Gasteiger partial charge in [-0.1, -0.05) is 13.3 Å². The molecule has 1 amide bonds. The van der Waals surface area contributed by atoms with E-state index in [1.165, 1.54) is 4.31 Å². The molecule has 0 spiro atoms. The molecule has 18 heavy (non-hydrogen) atoms. The van der Waals surface area contributed by atoms with E-state index in [-0.39, 0.29) is 18.1 Å². The molecule has 0 aromatic rings. The Bertz CT molecular complexity index is 419. The van der Waals surface area contributed by atoms with E-state index in [1.807, 2.05) is 13.0 Å². The van der Waals surface area contributed by atoms with Crippen LogP contribution < -0.4 is 0 Å². The van der Waals surface area contributed by atoms with E-state index < -0.39 is 10.0 Å². The van der Waals surface area contributed by atoms with Crippen LogP contribution in [0.4, 0.5) is 0 Å². The van der Waals surface area contributed by atoms with Crippen molar-refractivity contribution in [1.29, 1.82) is 5.26 Å². The predicted molar refractivity (Wildman–Crippen MR) is 67.1 cm³/mol. The number of nitrogens with zero attached hydrogens (tertiary/aromatic N) is 3. The smallest absolute Gasteiger partial charge is 0.236 e. The van der Waals surface area contributed by atoms with Crippen LogP contribution in [0.25, 0.3) is 0 Å². The van der Waals surface area contributed by atoms with Crippen molar-refractivity contribution in [3.63, 3.8) is 0 Å². The van der Waals surface area contributed by atoms with Crippen LogP contribution in [0.5, 0.6) is 0 Å². The highest BCUT2D eigenvalue weighted by molar-refractivity contribution is 7.89. The number of piperazine rings is 1. The van der Waals surface area contributed by atoms with Crippen molar-refractivity contribution in [2.24, 2.45) is 0 Å². The summed E-state index contributed by atoms with van der Waals surface area (Å²) in [6.45, 7) is 3.39. The fourth-order valence-electron chi connectivity index (χ4n) is 1.85. The van der Waals surface area contributed by atoms with Crippen molar-refractivity contribution < 1.29 is 13.2 Å². The average molecular weight is 273 g/mol. The molecule has 1 saturated heterocycles. The lowest BCUT2D eigenvalue weighted by molar-refractivity contribution is -0.131. The summed E-state index contributed by atoms with van der Waals surface area (Å²) in [7, 11) is -3.18. The maximum Gasteiger partial charge on any atom is 0.236 e. The van der Waals surface area contributed by atoms with Gasteiger partial charge in [0.05, 0.1) is 11.8 Å². The minimum atomic E-state index is -3.18. The lowest BCUT2D eigenvalue weighted by atomic mass is 10.3. The predicted octanol–water partition coefficient (Wildman–Crippen LogP) is 0.174. The van der Waals surface area contributed by atoms with Gasteiger partial charge in [-0.15, -0.1) is 0 Å². The molecule has 1 aliphatic heterocycles. The number of hydrogen-bond donors (Lipinski definition) is 0. The number of carbonyl (C=O) groups is 1. The summed E-state index contributed by atoms with van der Waals surface area (Å²) in [6, 6.07) is 1.81. The van der Waals surface area contributed by atoms with Gasteiger partial charge in [-0.2, -0.15) is 9.57 Å². The molecule has 0 saturated carbocycles. The normalized spacial score (nSPS) is 17.4. The van der Waals surface area contributed by atoms with Crippen molar-refractivity contribution in [2.75, 3.05) is 31.9 Å². The third kappa shape index (κ3) is 3.96. The minimum absolute atomic E-state index is 0.136. The maximum absolute atomic E-state index is 11.9. The van der Waals surface area contributed by atoms with E-state index in [0.29, 0.717) is 32.6 Å². The van der Waals surface area contributed by atoms with E-state index in [2.05, 4.69) is 0 Å². The first-order chi connectivity index (χ1) is 8.51. The molecule has 7 heteroatoms. The lowest BCUT2D eigenvalue weighted by Crippen LogP contribution is -2.50. The van der Waals surface area contributed by atoms with Crippen LogP contribution in [0.15, 0.2) is 0 Å². The molecular weight excluding hydrogens is 254 g/mol. The molecule has 1 fully saturated rings. The number of rotatable bonds is 5. The van der Waals surface area contributed by atoms with Gasteiger partial charge in [0.2, 0.25) is 15.9 Å². The molecule has 0 radical (unpaired) electrons. The maximum atomic E-state index is 11.9. The molecule has 0 bridgehead atoms. The minimum Gasteiger partial charge on any atom is -0.339 e. The Kier molecular flexibility index (Phi) is 5.56. The standard InChI is InChI=1S/C11H19N3O3S/c1-2-3-10-18(16,17)14-8-6-13(7-9-14)11(15)4-5-12/h2-4,6-10H2,1H3. The molecule has 1 rings (SSSR count). The molecule has 0 atom stereocenters. The average Bonchev–Trinajstić information content (AvgIpc) is 2.37. The van der Waals surface area contributed by atoms with E-state index in [4.69, 9.17) is 5.26 Å². The fraction of sp³-hybridized carbons (Fsp3) is 0.818. The topological polar surface area (TPSA) is 81.5 Å². The number of hydrogen-bond acceptors (Lipinski definition) is 4. The first-order valence-corrected chi connectivity index (χ1v) is 7.74. The molecule has 0 N–H and O–H groups in total. The summed E-state index contributed by atoms with van der Waals surface area (Å²) >= 11 is 0. The Morgan fingerprint density at radius 3 is 2.39 bits per heavy atom. The van der Waals surface area contributed by atoms with Gasteiger partial charge in [0.1, 0.15) is 6.42 Å². The van der Waals surface area contributed by atoms with Gasteiger partial charge in [0, 0.05) is 26.2 Å². The van der Waals surface area contributed by atoms with Crippen LogP contribution in [-0.4, -0.2) is 55.5 Å². The number of nitriles is 1. The van der Waals surface area contributed by atoms with Crippen LogP contribution in [0.2, 0.25) is 0 Å². The van der Waals surface area contributed by atoms with Crippen molar-refractivity contribution in [3.05, 3.63) is 0 Å². The Hall–Kier alpha value is -1.13. The number of carbonyl (C=O) groups excluding carboxylic acids is 1. The lowest BCUT2D eigenvalue weighted by Gasteiger charge is -2.33. The molecule has 6 nitrogen and oxygen atoms in total. The van der Waals surface area contributed by atoms with Gasteiger partial charge in [0.15, 0.2) is 0 Å². The molecule has 0 aromatic carbocycles. The molecule has 0 aromatic heterocycles. The van der Waals surface area contributed by atoms with Crippen molar-refractivity contribution in [1.82, 2.24) is 9.21 Å². The Labute approximate surface area is 108 Å². The molecule has 1 heterocycles. The number of amides is 1. The molecule has 1 aliphatic rings. The Morgan fingerprint density at radius 2 is 1.89 bits per heavy atom. The number of sulfonamides is 1. The van der Waals surface area contributed by atoms with E-state index in [9.17, 15) is 13.2 Å². The second-order valence-corrected chi connectivity index (χ2v) is 6.37. The zero-order valence-electron chi connectivity index (χ0n) is 10.6. The van der Waals surface area contributed by atoms with Gasteiger partial charge >= 0.3 is 0 Å². The molecule has 0 unspecified atom stereocenters. The summed E-state index contributed by atoms with van der Waals surface area (Å²) < 4.78 is 25.3. The SMILES string of the molecule is CCCCS(=O)(=O)N1CCN(C(=O)CC#N)CC1. The fourth-order valence-corrected chi connectivity index (χ4v) is 3.48. The summed E-state index contributed by atoms with van der Waals surface area (Å²) in [5, 5.41) is 8.44. The number of unbranched alkanes of at least 4 members (excludes halogenated alkanes) is 1.